The number of oxazole rings is 1. The first kappa shape index (κ1) is 17.6. The van der Waals surface area contributed by atoms with Gasteiger partial charge >= 0.3 is 5.76 Å². The minimum atomic E-state index is -0.524. The summed E-state index contributed by atoms with van der Waals surface area (Å²) < 4.78 is 20.0. The molecule has 134 valence electrons. The maximum Gasteiger partial charge on any atom is 0.419 e. The number of carbonyl (C=O) groups excluding carboxylic acids is 1. The molecule has 0 aliphatic heterocycles. The summed E-state index contributed by atoms with van der Waals surface area (Å²) in [7, 11) is 0. The van der Waals surface area contributed by atoms with Crippen LogP contribution in [0.25, 0.3) is 11.1 Å². The first-order chi connectivity index (χ1) is 12.5. The summed E-state index contributed by atoms with van der Waals surface area (Å²) in [5, 5.41) is 2.67. The molecule has 1 aromatic heterocycles. The van der Waals surface area contributed by atoms with Crippen LogP contribution < -0.4 is 21.9 Å². The molecule has 0 aliphatic carbocycles. The van der Waals surface area contributed by atoms with Gasteiger partial charge in [-0.2, -0.15) is 0 Å². The zero-order valence-corrected chi connectivity index (χ0v) is 14.3. The van der Waals surface area contributed by atoms with Gasteiger partial charge in [-0.15, -0.1) is 0 Å². The van der Waals surface area contributed by atoms with Gasteiger partial charge in [-0.25, -0.2) is 9.18 Å². The van der Waals surface area contributed by atoms with Crippen LogP contribution in [-0.2, 0) is 11.3 Å². The number of nitrogens with one attached hydrogen (secondary N) is 3. The van der Waals surface area contributed by atoms with Crippen molar-refractivity contribution in [2.75, 3.05) is 5.32 Å². The van der Waals surface area contributed by atoms with E-state index in [0.717, 1.165) is 0 Å². The van der Waals surface area contributed by atoms with Gasteiger partial charge in [0.2, 0.25) is 5.91 Å². The summed E-state index contributed by atoms with van der Waals surface area (Å²) in [6, 6.07) is 13.0. The lowest BCUT2D eigenvalue weighted by molar-refractivity contribution is -0.121. The molecule has 0 atom stereocenters. The smallest absolute Gasteiger partial charge is 0.408 e. The van der Waals surface area contributed by atoms with Gasteiger partial charge in [0, 0.05) is 13.0 Å². The zero-order chi connectivity index (χ0) is 18.5. The molecule has 0 unspecified atom stereocenters. The van der Waals surface area contributed by atoms with Crippen molar-refractivity contribution in [2.24, 2.45) is 0 Å². The molecule has 0 saturated heterocycles. The maximum absolute atomic E-state index is 13.5. The van der Waals surface area contributed by atoms with Crippen molar-refractivity contribution in [3.8, 4) is 0 Å². The SMILES string of the molecule is O=C(CCn1c(=O)oc2ccccc21)NNC(=S)Nc1ccccc1F. The number of para-hydroxylation sites is 3. The Bertz CT molecular complexity index is 1010. The van der Waals surface area contributed by atoms with E-state index >= 15 is 0 Å². The predicted molar refractivity (Wildman–Crippen MR) is 99.0 cm³/mol. The second-order valence-corrected chi connectivity index (χ2v) is 5.75. The highest BCUT2D eigenvalue weighted by molar-refractivity contribution is 7.80. The first-order valence-corrected chi connectivity index (χ1v) is 8.14. The number of amides is 1. The Morgan fingerprint density at radius 3 is 2.65 bits per heavy atom. The van der Waals surface area contributed by atoms with E-state index in [1.54, 1.807) is 36.4 Å². The van der Waals surface area contributed by atoms with E-state index in [1.165, 1.54) is 16.7 Å². The number of halogens is 1. The van der Waals surface area contributed by atoms with Gasteiger partial charge in [0.25, 0.3) is 0 Å². The molecule has 1 heterocycles. The number of carbonyl (C=O) groups is 1. The summed E-state index contributed by atoms with van der Waals surface area (Å²) in [6.07, 6.45) is 0.0265. The third-order valence-corrected chi connectivity index (χ3v) is 3.78. The molecule has 1 amide bonds. The van der Waals surface area contributed by atoms with Crippen molar-refractivity contribution in [1.29, 1.82) is 0 Å². The number of nitrogens with zero attached hydrogens (tertiary/aromatic N) is 1. The zero-order valence-electron chi connectivity index (χ0n) is 13.5. The Hall–Kier alpha value is -3.20. The quantitative estimate of drug-likeness (QED) is 0.479. The van der Waals surface area contributed by atoms with E-state index in [0.29, 0.717) is 11.1 Å². The Morgan fingerprint density at radius 1 is 1.12 bits per heavy atom. The topological polar surface area (TPSA) is 88.3 Å². The Labute approximate surface area is 152 Å². The van der Waals surface area contributed by atoms with E-state index in [9.17, 15) is 14.0 Å². The summed E-state index contributed by atoms with van der Waals surface area (Å²) in [6.45, 7) is 0.150. The number of aromatic nitrogens is 1. The lowest BCUT2D eigenvalue weighted by atomic mass is 10.3. The summed E-state index contributed by atoms with van der Waals surface area (Å²) in [4.78, 5) is 23.8. The number of anilines is 1. The van der Waals surface area contributed by atoms with Crippen LogP contribution in [0.2, 0.25) is 0 Å². The fraction of sp³-hybridized carbons (Fsp3) is 0.118. The van der Waals surface area contributed by atoms with E-state index in [4.69, 9.17) is 16.6 Å². The molecule has 0 fully saturated rings. The molecular formula is C17H15FN4O3S. The van der Waals surface area contributed by atoms with Crippen molar-refractivity contribution in [1.82, 2.24) is 15.4 Å². The van der Waals surface area contributed by atoms with Crippen LogP contribution in [0.5, 0.6) is 0 Å². The van der Waals surface area contributed by atoms with Gasteiger partial charge in [0.1, 0.15) is 5.82 Å². The minimum Gasteiger partial charge on any atom is -0.408 e. The average Bonchev–Trinajstić information content (AvgIpc) is 2.95. The standard InChI is InChI=1S/C17H15FN4O3S/c18-11-5-1-2-6-12(11)19-16(26)21-20-15(23)9-10-22-13-7-3-4-8-14(13)25-17(22)24/h1-8H,9-10H2,(H,20,23)(H2,19,21,26). The van der Waals surface area contributed by atoms with Crippen LogP contribution in [0.4, 0.5) is 10.1 Å². The number of fused-ring (bicyclic) bond motifs is 1. The van der Waals surface area contributed by atoms with E-state index in [2.05, 4.69) is 16.2 Å². The van der Waals surface area contributed by atoms with E-state index in [1.807, 2.05) is 0 Å². The van der Waals surface area contributed by atoms with Crippen LogP contribution >= 0.6 is 12.2 Å². The molecule has 0 spiro atoms. The number of rotatable bonds is 4. The fourth-order valence-corrected chi connectivity index (χ4v) is 2.51. The molecule has 9 heteroatoms. The van der Waals surface area contributed by atoms with E-state index < -0.39 is 11.6 Å². The van der Waals surface area contributed by atoms with Crippen molar-refractivity contribution in [3.63, 3.8) is 0 Å². The first-order valence-electron chi connectivity index (χ1n) is 7.73. The number of benzene rings is 2. The predicted octanol–water partition coefficient (Wildman–Crippen LogP) is 2.14. The largest absolute Gasteiger partial charge is 0.419 e. The van der Waals surface area contributed by atoms with Gasteiger partial charge in [-0.1, -0.05) is 24.3 Å². The normalized spacial score (nSPS) is 10.5. The monoisotopic (exact) mass is 374 g/mol. The van der Waals surface area contributed by atoms with Crippen molar-refractivity contribution in [3.05, 3.63) is 64.9 Å². The number of hydrogen-bond donors (Lipinski definition) is 3. The van der Waals surface area contributed by atoms with Gasteiger partial charge in [0.05, 0.1) is 11.2 Å². The molecule has 3 rings (SSSR count). The molecule has 0 saturated carbocycles. The Balaban J connectivity index is 1.51. The molecule has 0 aliphatic rings. The van der Waals surface area contributed by atoms with Gasteiger partial charge < -0.3 is 9.73 Å². The molecule has 7 nitrogen and oxygen atoms in total. The number of thiocarbonyl (C=S) groups is 1. The fourth-order valence-electron chi connectivity index (χ4n) is 2.34. The van der Waals surface area contributed by atoms with Crippen LogP contribution in [0.15, 0.2) is 57.7 Å². The molecule has 26 heavy (non-hydrogen) atoms. The Kier molecular flexibility index (Phi) is 5.28. The number of hydrogen-bond acceptors (Lipinski definition) is 4. The van der Waals surface area contributed by atoms with E-state index in [-0.39, 0.29) is 29.7 Å². The van der Waals surface area contributed by atoms with Crippen molar-refractivity contribution < 1.29 is 13.6 Å². The van der Waals surface area contributed by atoms with Crippen LogP contribution in [0.3, 0.4) is 0 Å². The van der Waals surface area contributed by atoms with Gasteiger partial charge in [-0.3, -0.25) is 20.2 Å². The summed E-state index contributed by atoms with van der Waals surface area (Å²) >= 11 is 4.99. The molecular weight excluding hydrogens is 359 g/mol. The summed E-state index contributed by atoms with van der Waals surface area (Å²) in [5.74, 6) is -1.38. The second kappa shape index (κ2) is 7.79. The van der Waals surface area contributed by atoms with Gasteiger partial charge in [0.15, 0.2) is 10.7 Å². The highest BCUT2D eigenvalue weighted by Crippen LogP contribution is 2.12. The van der Waals surface area contributed by atoms with Crippen LogP contribution in [0, 0.1) is 5.82 Å². The van der Waals surface area contributed by atoms with Crippen LogP contribution in [-0.4, -0.2) is 15.6 Å². The third kappa shape index (κ3) is 4.06. The summed E-state index contributed by atoms with van der Waals surface area (Å²) in [5.41, 5.74) is 6.15. The maximum atomic E-state index is 13.5. The Morgan fingerprint density at radius 2 is 1.85 bits per heavy atom. The van der Waals surface area contributed by atoms with Gasteiger partial charge in [-0.05, 0) is 36.5 Å². The highest BCUT2D eigenvalue weighted by atomic mass is 32.1. The molecule has 2 aromatic carbocycles. The average molecular weight is 374 g/mol. The minimum absolute atomic E-state index is 0.0265. The number of aryl methyl sites for hydroxylation is 1. The molecule has 3 N–H and O–H groups in total. The molecule has 3 aromatic rings. The van der Waals surface area contributed by atoms with Crippen molar-refractivity contribution in [2.45, 2.75) is 13.0 Å². The number of hydrazine groups is 1. The highest BCUT2D eigenvalue weighted by Gasteiger charge is 2.10. The second-order valence-electron chi connectivity index (χ2n) is 5.34. The van der Waals surface area contributed by atoms with Crippen molar-refractivity contribution >= 4 is 40.0 Å². The lowest BCUT2D eigenvalue weighted by Crippen LogP contribution is -2.44. The van der Waals surface area contributed by atoms with Crippen LogP contribution in [0.1, 0.15) is 6.42 Å². The lowest BCUT2D eigenvalue weighted by Gasteiger charge is -2.12. The third-order valence-electron chi connectivity index (χ3n) is 3.57. The molecule has 0 bridgehead atoms. The molecule has 0 radical (unpaired) electrons.